The van der Waals surface area contributed by atoms with E-state index in [1.54, 1.807) is 18.7 Å². The van der Waals surface area contributed by atoms with Crippen LogP contribution in [0.1, 0.15) is 24.2 Å². The second-order valence-corrected chi connectivity index (χ2v) is 5.81. The molecule has 0 heterocycles. The first-order valence-electron chi connectivity index (χ1n) is 5.78. The quantitative estimate of drug-likeness (QED) is 0.866. The van der Waals surface area contributed by atoms with Crippen molar-refractivity contribution in [1.29, 1.82) is 0 Å². The van der Waals surface area contributed by atoms with Gasteiger partial charge in [0, 0.05) is 9.79 Å². The second-order valence-electron chi connectivity index (χ2n) is 4.28. The molecular weight excluding hydrogens is 264 g/mol. The van der Waals surface area contributed by atoms with Gasteiger partial charge in [0.05, 0.1) is 11.1 Å². The molecule has 2 rings (SSSR count). The van der Waals surface area contributed by atoms with E-state index in [0.29, 0.717) is 5.02 Å². The van der Waals surface area contributed by atoms with Crippen molar-refractivity contribution in [2.75, 3.05) is 0 Å². The van der Waals surface area contributed by atoms with Crippen molar-refractivity contribution in [2.45, 2.75) is 29.7 Å². The van der Waals surface area contributed by atoms with E-state index in [4.69, 9.17) is 11.6 Å². The number of hydrogen-bond donors (Lipinski definition) is 1. The van der Waals surface area contributed by atoms with Crippen molar-refractivity contribution in [1.82, 2.24) is 0 Å². The van der Waals surface area contributed by atoms with E-state index >= 15 is 0 Å². The summed E-state index contributed by atoms with van der Waals surface area (Å²) in [6, 6.07) is 14.0. The number of hydrogen-bond acceptors (Lipinski definition) is 2. The van der Waals surface area contributed by atoms with Crippen LogP contribution in [0, 0.1) is 6.92 Å². The molecule has 0 aromatic heterocycles. The van der Waals surface area contributed by atoms with Gasteiger partial charge in [-0.25, -0.2) is 0 Å². The standard InChI is InChI=1S/C15H15ClOS/c1-10-4-3-5-13(8-10)18-15-7-6-12(11(2)17)9-14(15)16/h3-9,11,17H,1-2H3/t11-/m1/s1. The van der Waals surface area contributed by atoms with Gasteiger partial charge < -0.3 is 5.11 Å². The Balaban J connectivity index is 2.24. The topological polar surface area (TPSA) is 20.2 Å². The summed E-state index contributed by atoms with van der Waals surface area (Å²) in [6.07, 6.45) is -0.486. The third-order valence-electron chi connectivity index (χ3n) is 2.66. The zero-order valence-electron chi connectivity index (χ0n) is 10.4. The highest BCUT2D eigenvalue weighted by Gasteiger charge is 2.07. The van der Waals surface area contributed by atoms with Crippen LogP contribution in [0.3, 0.4) is 0 Å². The lowest BCUT2D eigenvalue weighted by molar-refractivity contribution is 0.199. The molecule has 2 aromatic rings. The average Bonchev–Trinajstić information content (AvgIpc) is 2.31. The molecule has 2 aromatic carbocycles. The maximum atomic E-state index is 9.50. The van der Waals surface area contributed by atoms with Crippen LogP contribution in [-0.2, 0) is 0 Å². The van der Waals surface area contributed by atoms with E-state index in [9.17, 15) is 5.11 Å². The molecule has 1 atom stereocenters. The van der Waals surface area contributed by atoms with E-state index in [1.807, 2.05) is 24.3 Å². The number of halogens is 1. The van der Waals surface area contributed by atoms with E-state index in [-0.39, 0.29) is 0 Å². The highest BCUT2D eigenvalue weighted by atomic mass is 35.5. The molecule has 0 saturated heterocycles. The van der Waals surface area contributed by atoms with Crippen molar-refractivity contribution in [3.05, 3.63) is 58.6 Å². The molecule has 0 aliphatic rings. The fourth-order valence-electron chi connectivity index (χ4n) is 1.67. The monoisotopic (exact) mass is 278 g/mol. The zero-order valence-corrected chi connectivity index (χ0v) is 11.9. The van der Waals surface area contributed by atoms with Gasteiger partial charge in [0.15, 0.2) is 0 Å². The summed E-state index contributed by atoms with van der Waals surface area (Å²) in [7, 11) is 0. The average molecular weight is 279 g/mol. The lowest BCUT2D eigenvalue weighted by Gasteiger charge is -2.09. The first-order chi connectivity index (χ1) is 8.56. The fourth-order valence-corrected chi connectivity index (χ4v) is 2.91. The van der Waals surface area contributed by atoms with Crippen LogP contribution in [0.5, 0.6) is 0 Å². The minimum absolute atomic E-state index is 0.486. The van der Waals surface area contributed by atoms with E-state index < -0.39 is 6.10 Å². The number of aliphatic hydroxyl groups excluding tert-OH is 1. The van der Waals surface area contributed by atoms with Crippen molar-refractivity contribution >= 4 is 23.4 Å². The van der Waals surface area contributed by atoms with Gasteiger partial charge in [0.25, 0.3) is 0 Å². The van der Waals surface area contributed by atoms with Gasteiger partial charge in [-0.3, -0.25) is 0 Å². The molecule has 0 aliphatic carbocycles. The Morgan fingerprint density at radius 1 is 1.17 bits per heavy atom. The minimum Gasteiger partial charge on any atom is -0.389 e. The van der Waals surface area contributed by atoms with Crippen LogP contribution in [0.25, 0.3) is 0 Å². The van der Waals surface area contributed by atoms with Gasteiger partial charge >= 0.3 is 0 Å². The van der Waals surface area contributed by atoms with Gasteiger partial charge in [0.1, 0.15) is 0 Å². The van der Waals surface area contributed by atoms with Gasteiger partial charge in [0.2, 0.25) is 0 Å². The Labute approximate surface area is 117 Å². The molecule has 94 valence electrons. The smallest absolute Gasteiger partial charge is 0.0762 e. The van der Waals surface area contributed by atoms with Crippen LogP contribution < -0.4 is 0 Å². The second kappa shape index (κ2) is 5.79. The van der Waals surface area contributed by atoms with Crippen LogP contribution in [0.2, 0.25) is 5.02 Å². The molecule has 0 amide bonds. The normalized spacial score (nSPS) is 12.4. The minimum atomic E-state index is -0.486. The van der Waals surface area contributed by atoms with E-state index in [2.05, 4.69) is 25.1 Å². The largest absolute Gasteiger partial charge is 0.389 e. The molecule has 0 aliphatic heterocycles. The Hall–Kier alpha value is -0.960. The van der Waals surface area contributed by atoms with E-state index in [1.165, 1.54) is 10.5 Å². The number of aryl methyl sites for hydroxylation is 1. The SMILES string of the molecule is Cc1cccc(Sc2ccc([C@@H](C)O)cc2Cl)c1. The molecular formula is C15H15ClOS. The molecule has 1 N–H and O–H groups in total. The first-order valence-corrected chi connectivity index (χ1v) is 6.98. The zero-order chi connectivity index (χ0) is 13.1. The van der Waals surface area contributed by atoms with Gasteiger partial charge in [-0.2, -0.15) is 0 Å². The summed E-state index contributed by atoms with van der Waals surface area (Å²) in [5, 5.41) is 10.2. The lowest BCUT2D eigenvalue weighted by Crippen LogP contribution is -1.90. The molecule has 1 nitrogen and oxygen atoms in total. The van der Waals surface area contributed by atoms with Gasteiger partial charge in [-0.05, 0) is 43.7 Å². The fraction of sp³-hybridized carbons (Fsp3) is 0.200. The lowest BCUT2D eigenvalue weighted by atomic mass is 10.1. The molecule has 0 bridgehead atoms. The van der Waals surface area contributed by atoms with Crippen molar-refractivity contribution in [2.24, 2.45) is 0 Å². The van der Waals surface area contributed by atoms with Gasteiger partial charge in [-0.1, -0.05) is 47.1 Å². The van der Waals surface area contributed by atoms with Crippen LogP contribution in [0.4, 0.5) is 0 Å². The number of rotatable bonds is 3. The van der Waals surface area contributed by atoms with Crippen LogP contribution in [-0.4, -0.2) is 5.11 Å². The molecule has 0 fully saturated rings. The van der Waals surface area contributed by atoms with Crippen molar-refractivity contribution in [3.63, 3.8) is 0 Å². The third-order valence-corrected chi connectivity index (χ3v) is 4.15. The summed E-state index contributed by atoms with van der Waals surface area (Å²) in [5.74, 6) is 0. The Morgan fingerprint density at radius 3 is 2.56 bits per heavy atom. The third kappa shape index (κ3) is 3.29. The summed E-state index contributed by atoms with van der Waals surface area (Å²) < 4.78 is 0. The maximum Gasteiger partial charge on any atom is 0.0762 e. The predicted molar refractivity (Wildman–Crippen MR) is 77.4 cm³/mol. The van der Waals surface area contributed by atoms with Gasteiger partial charge in [-0.15, -0.1) is 0 Å². The van der Waals surface area contributed by atoms with Crippen LogP contribution >= 0.6 is 23.4 Å². The Morgan fingerprint density at radius 2 is 1.94 bits per heavy atom. The summed E-state index contributed by atoms with van der Waals surface area (Å²) in [4.78, 5) is 2.17. The number of benzene rings is 2. The molecule has 3 heteroatoms. The summed E-state index contributed by atoms with van der Waals surface area (Å²) in [6.45, 7) is 3.81. The van der Waals surface area contributed by atoms with Crippen LogP contribution in [0.15, 0.2) is 52.3 Å². The van der Waals surface area contributed by atoms with E-state index in [0.717, 1.165) is 10.5 Å². The maximum absolute atomic E-state index is 9.50. The highest BCUT2D eigenvalue weighted by molar-refractivity contribution is 7.99. The predicted octanol–water partition coefficient (Wildman–Crippen LogP) is 4.85. The molecule has 0 radical (unpaired) electrons. The molecule has 0 saturated carbocycles. The molecule has 0 spiro atoms. The summed E-state index contributed by atoms with van der Waals surface area (Å²) >= 11 is 7.87. The first kappa shape index (κ1) is 13.5. The Kier molecular flexibility index (Phi) is 4.33. The van der Waals surface area contributed by atoms with Crippen molar-refractivity contribution < 1.29 is 5.11 Å². The molecule has 18 heavy (non-hydrogen) atoms. The summed E-state index contributed by atoms with van der Waals surface area (Å²) in [5.41, 5.74) is 2.07. The highest BCUT2D eigenvalue weighted by Crippen LogP contribution is 2.34. The van der Waals surface area contributed by atoms with Crippen molar-refractivity contribution in [3.8, 4) is 0 Å². The number of aliphatic hydroxyl groups is 1. The molecule has 0 unspecified atom stereocenters. The Bertz CT molecular complexity index is 552.